The standard InChI is InChI=1S/C23H20F2N2O2/c1-15(19-14-18(24)12-13-20(19)25)27(23(29)17-10-6-3-7-11-17)21(22(26)28)16-8-4-2-5-9-16/h2-15,21H,1H3,(H2,26,28)/t15-,21+/m1/s1. The van der Waals surface area contributed by atoms with Crippen LogP contribution in [0.15, 0.2) is 78.9 Å². The maximum atomic E-state index is 14.5. The molecule has 0 fully saturated rings. The van der Waals surface area contributed by atoms with Crippen molar-refractivity contribution in [3.63, 3.8) is 0 Å². The average Bonchev–Trinajstić information content (AvgIpc) is 2.73. The summed E-state index contributed by atoms with van der Waals surface area (Å²) in [4.78, 5) is 27.0. The van der Waals surface area contributed by atoms with Crippen molar-refractivity contribution in [2.45, 2.75) is 19.0 Å². The Morgan fingerprint density at radius 3 is 2.07 bits per heavy atom. The normalized spacial score (nSPS) is 12.8. The van der Waals surface area contributed by atoms with Crippen LogP contribution in [0.25, 0.3) is 0 Å². The molecule has 0 saturated carbocycles. The summed E-state index contributed by atoms with van der Waals surface area (Å²) in [5, 5.41) is 0. The van der Waals surface area contributed by atoms with Crippen LogP contribution in [0.5, 0.6) is 0 Å². The first-order valence-electron chi connectivity index (χ1n) is 9.07. The highest BCUT2D eigenvalue weighted by atomic mass is 19.1. The van der Waals surface area contributed by atoms with Gasteiger partial charge in [-0.05, 0) is 42.8 Å². The van der Waals surface area contributed by atoms with E-state index in [4.69, 9.17) is 5.73 Å². The number of nitrogens with zero attached hydrogens (tertiary/aromatic N) is 1. The maximum absolute atomic E-state index is 14.5. The summed E-state index contributed by atoms with van der Waals surface area (Å²) < 4.78 is 28.3. The third-order valence-electron chi connectivity index (χ3n) is 4.74. The molecule has 148 valence electrons. The van der Waals surface area contributed by atoms with E-state index < -0.39 is 35.5 Å². The number of nitrogens with two attached hydrogens (primary N) is 1. The Labute approximate surface area is 167 Å². The fraction of sp³-hybridized carbons (Fsp3) is 0.130. The summed E-state index contributed by atoms with van der Waals surface area (Å²) in [5.74, 6) is -2.62. The first kappa shape index (κ1) is 20.2. The number of benzene rings is 3. The summed E-state index contributed by atoms with van der Waals surface area (Å²) in [6, 6.07) is 17.7. The predicted octanol–water partition coefficient (Wildman–Crippen LogP) is 4.39. The van der Waals surface area contributed by atoms with Gasteiger partial charge in [0.05, 0.1) is 6.04 Å². The Bertz CT molecular complexity index is 1010. The first-order chi connectivity index (χ1) is 13.9. The Hall–Kier alpha value is -3.54. The van der Waals surface area contributed by atoms with Crippen LogP contribution in [0.2, 0.25) is 0 Å². The summed E-state index contributed by atoms with van der Waals surface area (Å²) in [5.41, 5.74) is 6.41. The molecule has 0 aliphatic carbocycles. The van der Waals surface area contributed by atoms with Gasteiger partial charge in [-0.25, -0.2) is 8.78 Å². The van der Waals surface area contributed by atoms with Crippen LogP contribution in [0.3, 0.4) is 0 Å². The molecule has 2 atom stereocenters. The van der Waals surface area contributed by atoms with Gasteiger partial charge in [-0.1, -0.05) is 48.5 Å². The van der Waals surface area contributed by atoms with E-state index in [0.717, 1.165) is 18.2 Å². The van der Waals surface area contributed by atoms with E-state index in [2.05, 4.69) is 0 Å². The van der Waals surface area contributed by atoms with Gasteiger partial charge in [-0.15, -0.1) is 0 Å². The Morgan fingerprint density at radius 1 is 0.897 bits per heavy atom. The molecule has 0 bridgehead atoms. The molecule has 0 unspecified atom stereocenters. The summed E-state index contributed by atoms with van der Waals surface area (Å²) in [6.07, 6.45) is 0. The third kappa shape index (κ3) is 4.32. The number of hydrogen-bond acceptors (Lipinski definition) is 2. The molecular formula is C23H20F2N2O2. The minimum atomic E-state index is -1.17. The molecule has 3 aromatic carbocycles. The van der Waals surface area contributed by atoms with Crippen LogP contribution in [0.1, 0.15) is 40.5 Å². The fourth-order valence-corrected chi connectivity index (χ4v) is 3.33. The second-order valence-corrected chi connectivity index (χ2v) is 6.64. The smallest absolute Gasteiger partial charge is 0.255 e. The number of carbonyl (C=O) groups excluding carboxylic acids is 2. The predicted molar refractivity (Wildman–Crippen MR) is 106 cm³/mol. The lowest BCUT2D eigenvalue weighted by Crippen LogP contribution is -2.43. The molecule has 0 heterocycles. The number of amides is 2. The lowest BCUT2D eigenvalue weighted by molar-refractivity contribution is -0.123. The van der Waals surface area contributed by atoms with Gasteiger partial charge in [-0.2, -0.15) is 0 Å². The molecule has 6 heteroatoms. The lowest BCUT2D eigenvalue weighted by Gasteiger charge is -2.35. The SMILES string of the molecule is C[C@H](c1cc(F)ccc1F)N(C(=O)c1ccccc1)[C@H](C(N)=O)c1ccccc1. The van der Waals surface area contributed by atoms with Crippen LogP contribution in [0.4, 0.5) is 8.78 Å². The first-order valence-corrected chi connectivity index (χ1v) is 9.07. The van der Waals surface area contributed by atoms with Crippen molar-refractivity contribution in [1.82, 2.24) is 4.90 Å². The molecule has 0 spiro atoms. The molecular weight excluding hydrogens is 374 g/mol. The zero-order valence-electron chi connectivity index (χ0n) is 15.8. The number of halogens is 2. The van der Waals surface area contributed by atoms with Crippen molar-refractivity contribution in [2.75, 3.05) is 0 Å². The molecule has 29 heavy (non-hydrogen) atoms. The second kappa shape index (κ2) is 8.65. The van der Waals surface area contributed by atoms with Gasteiger partial charge in [0, 0.05) is 11.1 Å². The van der Waals surface area contributed by atoms with E-state index in [1.54, 1.807) is 60.7 Å². The van der Waals surface area contributed by atoms with Crippen molar-refractivity contribution < 1.29 is 18.4 Å². The highest BCUT2D eigenvalue weighted by molar-refractivity contribution is 5.98. The van der Waals surface area contributed by atoms with Gasteiger partial charge in [-0.3, -0.25) is 9.59 Å². The van der Waals surface area contributed by atoms with Crippen LogP contribution in [0, 0.1) is 11.6 Å². The fourth-order valence-electron chi connectivity index (χ4n) is 3.33. The third-order valence-corrected chi connectivity index (χ3v) is 4.74. The molecule has 4 nitrogen and oxygen atoms in total. The minimum absolute atomic E-state index is 0.0449. The van der Waals surface area contributed by atoms with Crippen LogP contribution < -0.4 is 5.73 Å². The van der Waals surface area contributed by atoms with Gasteiger partial charge < -0.3 is 10.6 Å². The molecule has 3 aromatic rings. The van der Waals surface area contributed by atoms with Crippen molar-refractivity contribution in [1.29, 1.82) is 0 Å². The maximum Gasteiger partial charge on any atom is 0.255 e. The van der Waals surface area contributed by atoms with E-state index in [0.29, 0.717) is 11.1 Å². The Balaban J connectivity index is 2.16. The largest absolute Gasteiger partial charge is 0.368 e. The van der Waals surface area contributed by atoms with E-state index in [1.165, 1.54) is 11.8 Å². The zero-order valence-corrected chi connectivity index (χ0v) is 15.8. The van der Waals surface area contributed by atoms with E-state index in [-0.39, 0.29) is 5.56 Å². The average molecular weight is 394 g/mol. The molecule has 0 aromatic heterocycles. The van der Waals surface area contributed by atoms with Gasteiger partial charge >= 0.3 is 0 Å². The van der Waals surface area contributed by atoms with Crippen molar-refractivity contribution in [3.8, 4) is 0 Å². The van der Waals surface area contributed by atoms with Gasteiger partial charge in [0.15, 0.2) is 0 Å². The number of carbonyl (C=O) groups is 2. The number of primary amides is 1. The van der Waals surface area contributed by atoms with E-state index in [1.807, 2.05) is 0 Å². The monoisotopic (exact) mass is 394 g/mol. The van der Waals surface area contributed by atoms with Crippen molar-refractivity contribution in [3.05, 3.63) is 107 Å². The quantitative estimate of drug-likeness (QED) is 0.674. The summed E-state index contributed by atoms with van der Waals surface area (Å²) in [7, 11) is 0. The molecule has 0 radical (unpaired) electrons. The van der Waals surface area contributed by atoms with Crippen molar-refractivity contribution in [2.24, 2.45) is 5.73 Å². The molecule has 2 amide bonds. The number of rotatable bonds is 6. The topological polar surface area (TPSA) is 63.4 Å². The van der Waals surface area contributed by atoms with Crippen LogP contribution in [-0.2, 0) is 4.79 Å². The second-order valence-electron chi connectivity index (χ2n) is 6.64. The lowest BCUT2D eigenvalue weighted by atomic mass is 9.97. The molecule has 2 N–H and O–H groups in total. The van der Waals surface area contributed by atoms with Crippen LogP contribution >= 0.6 is 0 Å². The zero-order chi connectivity index (χ0) is 21.0. The number of hydrogen-bond donors (Lipinski definition) is 1. The molecule has 3 rings (SSSR count). The summed E-state index contributed by atoms with van der Waals surface area (Å²) >= 11 is 0. The highest BCUT2D eigenvalue weighted by Gasteiger charge is 2.35. The van der Waals surface area contributed by atoms with Gasteiger partial charge in [0.2, 0.25) is 5.91 Å². The summed E-state index contributed by atoms with van der Waals surface area (Å²) in [6.45, 7) is 1.54. The molecule has 0 aliphatic heterocycles. The van der Waals surface area contributed by atoms with Gasteiger partial charge in [0.1, 0.15) is 17.7 Å². The minimum Gasteiger partial charge on any atom is -0.368 e. The molecule has 0 aliphatic rings. The van der Waals surface area contributed by atoms with Crippen LogP contribution in [-0.4, -0.2) is 16.7 Å². The van der Waals surface area contributed by atoms with Crippen molar-refractivity contribution >= 4 is 11.8 Å². The van der Waals surface area contributed by atoms with Gasteiger partial charge in [0.25, 0.3) is 5.91 Å². The van der Waals surface area contributed by atoms with E-state index in [9.17, 15) is 18.4 Å². The molecule has 0 saturated heterocycles. The van der Waals surface area contributed by atoms with E-state index >= 15 is 0 Å². The Morgan fingerprint density at radius 2 is 1.48 bits per heavy atom. The highest BCUT2D eigenvalue weighted by Crippen LogP contribution is 2.33. The Kier molecular flexibility index (Phi) is 6.02.